The summed E-state index contributed by atoms with van der Waals surface area (Å²) in [7, 11) is -2.69. The first-order valence-electron chi connectivity index (χ1n) is 26.9. The number of unbranched alkanes of at least 4 members (excludes halogenated alkanes) is 1. The zero-order valence-corrected chi connectivity index (χ0v) is 43.3. The van der Waals surface area contributed by atoms with E-state index in [1.165, 1.54) is 31.0 Å². The fourth-order valence-corrected chi connectivity index (χ4v) is 11.8. The number of hydrogen-bond acceptors (Lipinski definition) is 14. The number of nitrogens with zero attached hydrogens (tertiary/aromatic N) is 9. The van der Waals surface area contributed by atoms with Crippen LogP contribution in [0, 0.1) is 29.1 Å². The van der Waals surface area contributed by atoms with Gasteiger partial charge in [-0.15, -0.1) is 10.2 Å². The molecule has 4 heterocycles. The van der Waals surface area contributed by atoms with Crippen molar-refractivity contribution in [2.24, 2.45) is 39.2 Å². The number of allylic oxidation sites excluding steroid dienone is 4. The van der Waals surface area contributed by atoms with E-state index in [2.05, 4.69) is 54.4 Å². The number of amides is 2. The zero-order chi connectivity index (χ0) is 52.7. The topological polar surface area (TPSA) is 216 Å². The molecule has 1 aliphatic heterocycles. The third-order valence-electron chi connectivity index (χ3n) is 15.7. The van der Waals surface area contributed by atoms with E-state index in [0.29, 0.717) is 118 Å². The lowest BCUT2D eigenvalue weighted by atomic mass is 9.52. The average Bonchev–Trinajstić information content (AvgIpc) is 4.32. The highest BCUT2D eigenvalue weighted by Crippen LogP contribution is 2.61. The minimum absolute atomic E-state index is 0.0820. The Labute approximate surface area is 442 Å². The van der Waals surface area contributed by atoms with Gasteiger partial charge in [-0.1, -0.05) is 40.2 Å². The van der Waals surface area contributed by atoms with Crippen molar-refractivity contribution in [1.29, 1.82) is 0 Å². The maximum absolute atomic E-state index is 13.7. The molecule has 22 heteroatoms. The molecule has 9 rings (SSSR count). The molecule has 2 amide bonds. The Balaban J connectivity index is 0.550. The highest BCUT2D eigenvalue weighted by atomic mass is 19.2. The van der Waals surface area contributed by atoms with Gasteiger partial charge in [0, 0.05) is 37.0 Å². The summed E-state index contributed by atoms with van der Waals surface area (Å²) in [5.41, 5.74) is 6.10. The highest BCUT2D eigenvalue weighted by Gasteiger charge is 2.55. The van der Waals surface area contributed by atoms with Crippen molar-refractivity contribution in [2.75, 3.05) is 52.8 Å². The van der Waals surface area contributed by atoms with Crippen LogP contribution >= 0.6 is 0 Å². The molecule has 3 fully saturated rings. The number of carbonyl (C=O) groups excluding carboxylic acids is 2. The van der Waals surface area contributed by atoms with Gasteiger partial charge in [-0.25, -0.2) is 4.68 Å². The van der Waals surface area contributed by atoms with E-state index in [9.17, 15) is 23.3 Å². The number of oxime groups is 1. The molecule has 3 aromatic heterocycles. The number of benzene rings is 1. The number of aromatic nitrogens is 7. The van der Waals surface area contributed by atoms with E-state index in [-0.39, 0.29) is 43.1 Å². The van der Waals surface area contributed by atoms with E-state index < -0.39 is 7.40 Å². The Bertz CT molecular complexity index is 2710. The third kappa shape index (κ3) is 14.2. The van der Waals surface area contributed by atoms with Crippen LogP contribution in [0.1, 0.15) is 100 Å². The summed E-state index contributed by atoms with van der Waals surface area (Å²) in [5.74, 6) is 2.98. The summed E-state index contributed by atoms with van der Waals surface area (Å²) < 4.78 is 54.5. The summed E-state index contributed by atoms with van der Waals surface area (Å²) in [6.45, 7) is 6.51. The van der Waals surface area contributed by atoms with Crippen molar-refractivity contribution in [3.05, 3.63) is 107 Å². The minimum Gasteiger partial charge on any atom is -0.487 e. The van der Waals surface area contributed by atoms with Gasteiger partial charge in [-0.3, -0.25) is 27.9 Å². The monoisotopic (exact) mass is 1050 g/mol. The van der Waals surface area contributed by atoms with Crippen LogP contribution in [-0.4, -0.2) is 130 Å². The van der Waals surface area contributed by atoms with Crippen molar-refractivity contribution in [3.8, 4) is 5.75 Å². The number of aliphatic imine (C=N–C) groups is 1. The highest BCUT2D eigenvalue weighted by molar-refractivity contribution is 6.41. The van der Waals surface area contributed by atoms with Crippen molar-refractivity contribution in [1.82, 2.24) is 45.1 Å². The number of ether oxygens (including phenoxy) is 4. The largest absolute Gasteiger partial charge is 0.677 e. The molecule has 3 N–H and O–H groups in total. The number of hydrogen-bond donors (Lipinski definition) is 3. The molecule has 0 saturated heterocycles. The lowest BCUT2D eigenvalue weighted by Gasteiger charge is -2.53. The predicted octanol–water partition coefficient (Wildman–Crippen LogP) is 6.38. The van der Waals surface area contributed by atoms with Crippen molar-refractivity contribution >= 4 is 36.7 Å². The summed E-state index contributed by atoms with van der Waals surface area (Å²) >= 11 is 0. The van der Waals surface area contributed by atoms with Crippen LogP contribution in [0.15, 0.2) is 94.6 Å². The van der Waals surface area contributed by atoms with Gasteiger partial charge < -0.3 is 44.0 Å². The summed E-state index contributed by atoms with van der Waals surface area (Å²) in [5, 5.41) is 37.4. The molecule has 19 nitrogen and oxygen atoms in total. The van der Waals surface area contributed by atoms with E-state index in [0.717, 1.165) is 66.1 Å². The van der Waals surface area contributed by atoms with E-state index >= 15 is 0 Å². The lowest BCUT2D eigenvalue weighted by molar-refractivity contribution is -0.126. The first-order valence-corrected chi connectivity index (χ1v) is 26.9. The Morgan fingerprint density at radius 1 is 0.855 bits per heavy atom. The molecule has 4 aromatic rings. The van der Waals surface area contributed by atoms with Crippen molar-refractivity contribution < 1.29 is 47.1 Å². The summed E-state index contributed by atoms with van der Waals surface area (Å²) in [6.07, 6.45) is 22.7. The van der Waals surface area contributed by atoms with Gasteiger partial charge in [0.25, 0.3) is 5.91 Å². The molecule has 1 aromatic carbocycles. The van der Waals surface area contributed by atoms with Crippen LogP contribution in [0.5, 0.6) is 5.75 Å². The fourth-order valence-electron chi connectivity index (χ4n) is 11.8. The molecule has 0 bridgehead atoms. The van der Waals surface area contributed by atoms with Crippen molar-refractivity contribution in [3.63, 3.8) is 0 Å². The second-order valence-electron chi connectivity index (χ2n) is 20.5. The number of halogens is 2. The Hall–Kier alpha value is -6.36. The number of rotatable bonds is 28. The molecule has 0 radical (unpaired) electrons. The maximum Gasteiger partial charge on any atom is 0.677 e. The minimum atomic E-state index is -2.69. The fraction of sp³-hybridized carbons (Fsp3) is 0.556. The molecular weight excluding hydrogens is 979 g/mol. The molecule has 406 valence electrons. The van der Waals surface area contributed by atoms with E-state index in [1.54, 1.807) is 58.2 Å². The molecule has 4 aliphatic carbocycles. The number of carbonyl (C=O) groups is 2. The first kappa shape index (κ1) is 54.4. The smallest absolute Gasteiger partial charge is 0.487 e. The Morgan fingerprint density at radius 3 is 2.43 bits per heavy atom. The Kier molecular flexibility index (Phi) is 19.1. The van der Waals surface area contributed by atoms with Crippen LogP contribution in [0.4, 0.5) is 8.63 Å². The van der Waals surface area contributed by atoms with Crippen LogP contribution < -0.4 is 15.4 Å². The zero-order valence-electron chi connectivity index (χ0n) is 43.3. The van der Waals surface area contributed by atoms with Gasteiger partial charge in [-0.2, -0.15) is 0 Å². The number of aliphatic hydroxyl groups is 1. The molecule has 0 spiro atoms. The Morgan fingerprint density at radius 2 is 1.63 bits per heavy atom. The number of aliphatic hydroxyl groups excluding tert-OH is 1. The van der Waals surface area contributed by atoms with E-state index in [1.807, 2.05) is 18.3 Å². The summed E-state index contributed by atoms with van der Waals surface area (Å²) in [6, 6.07) is 10.4. The molecular formula is C54H70BF2N11O8. The van der Waals surface area contributed by atoms with Gasteiger partial charge in [0.05, 0.1) is 82.6 Å². The third-order valence-corrected chi connectivity index (χ3v) is 15.7. The van der Waals surface area contributed by atoms with Crippen LogP contribution in [0.25, 0.3) is 5.57 Å². The van der Waals surface area contributed by atoms with Gasteiger partial charge >= 0.3 is 7.40 Å². The lowest BCUT2D eigenvalue weighted by Crippen LogP contribution is -2.47. The molecule has 76 heavy (non-hydrogen) atoms. The maximum atomic E-state index is 13.7. The van der Waals surface area contributed by atoms with Gasteiger partial charge in [0.2, 0.25) is 5.91 Å². The first-order chi connectivity index (χ1) is 37.1. The second kappa shape index (κ2) is 26.6. The van der Waals surface area contributed by atoms with Gasteiger partial charge in [0.1, 0.15) is 23.7 Å². The number of aryl methyl sites for hydroxylation is 1. The number of fused-ring (bicyclic) bond motifs is 5. The van der Waals surface area contributed by atoms with Gasteiger partial charge in [-0.05, 0) is 148 Å². The molecule has 5 aliphatic rings. The predicted molar refractivity (Wildman–Crippen MR) is 280 cm³/mol. The van der Waals surface area contributed by atoms with Crippen molar-refractivity contribution in [2.45, 2.75) is 110 Å². The van der Waals surface area contributed by atoms with E-state index in [4.69, 9.17) is 23.8 Å². The standard InChI is InChI=1S/C54H70BF2N11O8/c1-54-20-19-45-44-16-12-40(32-39(44)11-15-46(45)47(54)17-18-50(54)69)63-76-37-52(71)59-22-26-72-28-30-74-31-29-73-27-25-67-34-41(61-64-67)33-60-51(70)8-2-3-23-66-35-42(62-65-66)36-75-43-13-9-38(10-14-43)53(48-6-4-21-58-48)49-7-5-24-68(49)55(56)57/h4-7,9-10,13-14,21,24,32,34-35,44-47,50,69H,2-3,8,11-12,15-20,22-23,25-31,33,36-37H2,1H3,(H,59,71)(H,60,70)/b53-48+,63-40-/t44-,45+,46+,47-,50-,54-/m0/s1. The molecule has 0 unspecified atom stereocenters. The molecule has 6 atom stereocenters. The number of nitrogens with one attached hydrogen (secondary N) is 2. The SMILES string of the molecule is C[C@]12CC[C@H]3[C@@H](CCC4=C/C(=N\OCC(=O)NCCOCCOCCOCCn5cc(CNC(=O)CCCCn6cc(COc7ccc(/C(=C8/C=CC=N8)c8cccn8B(F)F)cc7)nn6)nn5)CC[C@@H]43)[C@@H]1CC[C@@H]2O. The summed E-state index contributed by atoms with van der Waals surface area (Å²) in [4.78, 5) is 34.6. The quantitative estimate of drug-likeness (QED) is 0.0321. The van der Waals surface area contributed by atoms with Gasteiger partial charge in [0.15, 0.2) is 6.61 Å². The van der Waals surface area contributed by atoms with Crippen LogP contribution in [0.2, 0.25) is 0 Å². The normalized spacial score (nSPS) is 23.7. The molecule has 3 saturated carbocycles. The van der Waals surface area contributed by atoms with Crippen LogP contribution in [0.3, 0.4) is 0 Å². The second-order valence-corrected chi connectivity index (χ2v) is 20.5. The van der Waals surface area contributed by atoms with Crippen LogP contribution in [-0.2, 0) is 54.9 Å². The average molecular weight is 1050 g/mol.